The highest BCUT2D eigenvalue weighted by Crippen LogP contribution is 2.30. The van der Waals surface area contributed by atoms with Gasteiger partial charge in [0.1, 0.15) is 12.1 Å². The number of fused-ring (bicyclic) bond motifs is 3. The van der Waals surface area contributed by atoms with Gasteiger partial charge in [-0.3, -0.25) is 4.40 Å². The van der Waals surface area contributed by atoms with Crippen LogP contribution < -0.4 is 4.90 Å². The molecule has 0 atom stereocenters. The lowest BCUT2D eigenvalue weighted by Crippen LogP contribution is -2.12. The number of para-hydroxylation sites is 1. The van der Waals surface area contributed by atoms with E-state index in [4.69, 9.17) is 4.98 Å². The number of benzene rings is 2. The fourth-order valence-electron chi connectivity index (χ4n) is 2.80. The fraction of sp³-hybridized carbons (Fsp3) is 0.105. The van der Waals surface area contributed by atoms with Gasteiger partial charge in [0.25, 0.3) is 5.78 Å². The van der Waals surface area contributed by atoms with E-state index >= 15 is 0 Å². The van der Waals surface area contributed by atoms with Crippen molar-refractivity contribution in [3.05, 3.63) is 60.4 Å². The Kier molecular flexibility index (Phi) is 3.36. The van der Waals surface area contributed by atoms with Crippen molar-refractivity contribution in [2.75, 3.05) is 11.9 Å². The van der Waals surface area contributed by atoms with E-state index in [1.165, 1.54) is 0 Å². The summed E-state index contributed by atoms with van der Waals surface area (Å²) in [4.78, 5) is 6.75. The quantitative estimate of drug-likeness (QED) is 0.532. The van der Waals surface area contributed by atoms with Crippen LogP contribution in [0.25, 0.3) is 16.7 Å². The van der Waals surface area contributed by atoms with Gasteiger partial charge in [0, 0.05) is 23.7 Å². The number of nitrogens with zero attached hydrogens (tertiary/aromatic N) is 5. The zero-order valence-electron chi connectivity index (χ0n) is 13.4. The fourth-order valence-corrected chi connectivity index (χ4v) is 2.80. The van der Waals surface area contributed by atoms with Crippen LogP contribution in [0.3, 0.4) is 0 Å². The predicted molar refractivity (Wildman–Crippen MR) is 95.3 cm³/mol. The second-order valence-corrected chi connectivity index (χ2v) is 5.44. The monoisotopic (exact) mass is 313 g/mol. The van der Waals surface area contributed by atoms with Gasteiger partial charge in [-0.15, -0.1) is 16.1 Å². The minimum atomic E-state index is 0.571. The molecule has 0 aliphatic rings. The first kappa shape index (κ1) is 14.2. The topological polar surface area (TPSA) is 46.3 Å². The Morgan fingerprint density at radius 2 is 1.92 bits per heavy atom. The van der Waals surface area contributed by atoms with Gasteiger partial charge in [0.15, 0.2) is 0 Å². The zero-order valence-corrected chi connectivity index (χ0v) is 13.4. The van der Waals surface area contributed by atoms with Crippen molar-refractivity contribution in [1.29, 1.82) is 0 Å². The van der Waals surface area contributed by atoms with Crippen molar-refractivity contribution >= 4 is 28.2 Å². The molecule has 0 aliphatic heterocycles. The summed E-state index contributed by atoms with van der Waals surface area (Å²) in [5, 5.41) is 9.14. The normalized spacial score (nSPS) is 10.6. The lowest BCUT2D eigenvalue weighted by atomic mass is 10.1. The molecule has 24 heavy (non-hydrogen) atoms. The number of rotatable bonds is 2. The van der Waals surface area contributed by atoms with E-state index in [1.807, 2.05) is 48.7 Å². The van der Waals surface area contributed by atoms with Crippen molar-refractivity contribution in [2.45, 2.75) is 6.92 Å². The van der Waals surface area contributed by atoms with Crippen LogP contribution in [0.1, 0.15) is 12.5 Å². The molecule has 0 saturated heterocycles. The molecule has 0 spiro atoms. The van der Waals surface area contributed by atoms with Gasteiger partial charge in [0.2, 0.25) is 0 Å². The first-order valence-electron chi connectivity index (χ1n) is 7.63. The third-order valence-corrected chi connectivity index (χ3v) is 3.96. The Labute approximate surface area is 139 Å². The van der Waals surface area contributed by atoms with Gasteiger partial charge in [-0.05, 0) is 37.3 Å². The highest BCUT2D eigenvalue weighted by Gasteiger charge is 2.14. The molecule has 4 rings (SSSR count). The maximum Gasteiger partial charge on any atom is 0.257 e. The summed E-state index contributed by atoms with van der Waals surface area (Å²) in [6.45, 7) is 1.83. The van der Waals surface area contributed by atoms with Gasteiger partial charge in [-0.25, -0.2) is 0 Å². The average molecular weight is 313 g/mol. The van der Waals surface area contributed by atoms with Crippen LogP contribution in [0.5, 0.6) is 0 Å². The summed E-state index contributed by atoms with van der Waals surface area (Å²) >= 11 is 0. The number of aromatic nitrogens is 4. The molecular weight excluding hydrogens is 298 g/mol. The van der Waals surface area contributed by atoms with Gasteiger partial charge < -0.3 is 4.90 Å². The van der Waals surface area contributed by atoms with Crippen LogP contribution in [0.4, 0.5) is 11.5 Å². The average Bonchev–Trinajstić information content (AvgIpc) is 3.10. The summed E-state index contributed by atoms with van der Waals surface area (Å²) in [5.41, 5.74) is 3.01. The molecule has 4 aromatic rings. The molecule has 2 aromatic carbocycles. The Morgan fingerprint density at radius 3 is 2.71 bits per heavy atom. The van der Waals surface area contributed by atoms with E-state index in [2.05, 4.69) is 45.1 Å². The number of anilines is 2. The molecule has 116 valence electrons. The molecule has 5 heteroatoms. The number of hydrogen-bond acceptors (Lipinski definition) is 4. The third kappa shape index (κ3) is 2.25. The molecule has 0 bridgehead atoms. The maximum absolute atomic E-state index is 4.69. The van der Waals surface area contributed by atoms with E-state index in [0.717, 1.165) is 28.0 Å². The second-order valence-electron chi connectivity index (χ2n) is 5.44. The van der Waals surface area contributed by atoms with Crippen LogP contribution in [0.2, 0.25) is 0 Å². The predicted octanol–water partition coefficient (Wildman–Crippen LogP) is 3.42. The first-order valence-corrected chi connectivity index (χ1v) is 7.63. The highest BCUT2D eigenvalue weighted by atomic mass is 15.3. The van der Waals surface area contributed by atoms with Gasteiger partial charge in [-0.2, -0.15) is 4.98 Å². The third-order valence-electron chi connectivity index (χ3n) is 3.96. The SMILES string of the molecule is CC#Cc1ccc2c(N(C)c3ccccc3)nc3nncn3c2c1. The molecule has 0 saturated carbocycles. The summed E-state index contributed by atoms with van der Waals surface area (Å²) in [7, 11) is 2.00. The van der Waals surface area contributed by atoms with Gasteiger partial charge in [-0.1, -0.05) is 24.1 Å². The summed E-state index contributed by atoms with van der Waals surface area (Å²) in [6, 6.07) is 16.2. The van der Waals surface area contributed by atoms with Crippen LogP contribution in [0.15, 0.2) is 54.9 Å². The minimum Gasteiger partial charge on any atom is -0.329 e. The summed E-state index contributed by atoms with van der Waals surface area (Å²) in [6.07, 6.45) is 1.68. The van der Waals surface area contributed by atoms with E-state index in [1.54, 1.807) is 6.33 Å². The largest absolute Gasteiger partial charge is 0.329 e. The Bertz CT molecular complexity index is 1090. The minimum absolute atomic E-state index is 0.571. The molecule has 0 amide bonds. The smallest absolute Gasteiger partial charge is 0.257 e. The Balaban J connectivity index is 2.01. The summed E-state index contributed by atoms with van der Waals surface area (Å²) < 4.78 is 1.89. The van der Waals surface area contributed by atoms with Gasteiger partial charge >= 0.3 is 0 Å². The van der Waals surface area contributed by atoms with E-state index in [9.17, 15) is 0 Å². The molecular formula is C19H15N5. The van der Waals surface area contributed by atoms with Crippen LogP contribution in [-0.2, 0) is 0 Å². The summed E-state index contributed by atoms with van der Waals surface area (Å²) in [5.74, 6) is 7.45. The zero-order chi connectivity index (χ0) is 16.5. The maximum atomic E-state index is 4.69. The van der Waals surface area contributed by atoms with Crippen molar-refractivity contribution < 1.29 is 0 Å². The van der Waals surface area contributed by atoms with E-state index < -0.39 is 0 Å². The molecule has 0 fully saturated rings. The molecule has 0 N–H and O–H groups in total. The van der Waals surface area contributed by atoms with Crippen molar-refractivity contribution in [1.82, 2.24) is 19.6 Å². The van der Waals surface area contributed by atoms with Gasteiger partial charge in [0.05, 0.1) is 5.52 Å². The molecule has 2 heterocycles. The van der Waals surface area contributed by atoms with Crippen molar-refractivity contribution in [2.24, 2.45) is 0 Å². The van der Waals surface area contributed by atoms with E-state index in [-0.39, 0.29) is 0 Å². The number of hydrogen-bond donors (Lipinski definition) is 0. The molecule has 2 aromatic heterocycles. The van der Waals surface area contributed by atoms with Crippen molar-refractivity contribution in [3.8, 4) is 11.8 Å². The molecule has 0 aliphatic carbocycles. The second kappa shape index (κ2) is 5.67. The van der Waals surface area contributed by atoms with E-state index in [0.29, 0.717) is 5.78 Å². The first-order chi connectivity index (χ1) is 11.8. The highest BCUT2D eigenvalue weighted by molar-refractivity contribution is 5.94. The Morgan fingerprint density at radius 1 is 1.08 bits per heavy atom. The lowest BCUT2D eigenvalue weighted by molar-refractivity contribution is 1.08. The van der Waals surface area contributed by atoms with Crippen LogP contribution in [-0.4, -0.2) is 26.6 Å². The molecule has 0 radical (unpaired) electrons. The Hall–Kier alpha value is -3.39. The molecule has 0 unspecified atom stereocenters. The molecule has 5 nitrogen and oxygen atoms in total. The lowest BCUT2D eigenvalue weighted by Gasteiger charge is -2.20. The van der Waals surface area contributed by atoms with Crippen molar-refractivity contribution in [3.63, 3.8) is 0 Å². The van der Waals surface area contributed by atoms with Crippen LogP contribution in [0, 0.1) is 11.8 Å². The van der Waals surface area contributed by atoms with Crippen LogP contribution >= 0.6 is 0 Å². The standard InChI is InChI=1S/C19H15N5/c1-3-7-14-10-11-16-17(12-14)24-13-20-22-19(24)21-18(16)23(2)15-8-5-4-6-9-15/h4-6,8-13H,1-2H3.